The van der Waals surface area contributed by atoms with E-state index < -0.39 is 0 Å². The maximum absolute atomic E-state index is 2.53. The van der Waals surface area contributed by atoms with E-state index in [1.807, 2.05) is 0 Å². The minimum atomic E-state index is 1.01. The van der Waals surface area contributed by atoms with Gasteiger partial charge in [-0.1, -0.05) is 26.7 Å². The van der Waals surface area contributed by atoms with Crippen molar-refractivity contribution < 1.29 is 0 Å². The first-order valence-corrected chi connectivity index (χ1v) is 7.25. The Bertz CT molecular complexity index is 230. The summed E-state index contributed by atoms with van der Waals surface area (Å²) in [6.07, 6.45) is 10.9. The maximum atomic E-state index is 2.53. The van der Waals surface area contributed by atoms with E-state index in [1.165, 1.54) is 6.42 Å². The summed E-state index contributed by atoms with van der Waals surface area (Å²) in [6.45, 7) is 5.02. The Morgan fingerprint density at radius 2 is 1.60 bits per heavy atom. The van der Waals surface area contributed by atoms with Crippen LogP contribution >= 0.6 is 0 Å². The highest BCUT2D eigenvalue weighted by atomic mass is 14.5. The molecule has 3 aliphatic rings. The molecule has 0 aromatic heterocycles. The van der Waals surface area contributed by atoms with E-state index in [0.717, 1.165) is 35.5 Å². The molecule has 0 aromatic carbocycles. The molecule has 86 valence electrons. The largest absolute Gasteiger partial charge is 0.0625 e. The highest BCUT2D eigenvalue weighted by Crippen LogP contribution is 2.54. The lowest BCUT2D eigenvalue weighted by molar-refractivity contribution is 0.0161. The Hall–Kier alpha value is 0. The third kappa shape index (κ3) is 1.65. The highest BCUT2D eigenvalue weighted by molar-refractivity contribution is 4.95. The van der Waals surface area contributed by atoms with Crippen LogP contribution in [-0.4, -0.2) is 0 Å². The van der Waals surface area contributed by atoms with Crippen molar-refractivity contribution in [2.24, 2.45) is 35.5 Å². The Morgan fingerprint density at radius 1 is 0.733 bits per heavy atom. The SMILES string of the molecule is CC1CC(C)C2CCC3CCCC3C2C1. The van der Waals surface area contributed by atoms with Crippen LogP contribution in [0.2, 0.25) is 0 Å². The van der Waals surface area contributed by atoms with Gasteiger partial charge < -0.3 is 0 Å². The Balaban J connectivity index is 1.80. The fourth-order valence-electron chi connectivity index (χ4n) is 5.35. The van der Waals surface area contributed by atoms with Gasteiger partial charge in [0.1, 0.15) is 0 Å². The Morgan fingerprint density at radius 3 is 2.47 bits per heavy atom. The molecule has 3 saturated carbocycles. The van der Waals surface area contributed by atoms with Crippen molar-refractivity contribution in [2.75, 3.05) is 0 Å². The van der Waals surface area contributed by atoms with E-state index in [-0.39, 0.29) is 0 Å². The van der Waals surface area contributed by atoms with Gasteiger partial charge in [0.15, 0.2) is 0 Å². The van der Waals surface area contributed by atoms with Crippen LogP contribution < -0.4 is 0 Å². The fraction of sp³-hybridized carbons (Fsp3) is 1.00. The summed E-state index contributed by atoms with van der Waals surface area (Å²) in [6, 6.07) is 0. The average molecular weight is 206 g/mol. The summed E-state index contributed by atoms with van der Waals surface area (Å²) in [4.78, 5) is 0. The fourth-order valence-corrected chi connectivity index (χ4v) is 5.35. The van der Waals surface area contributed by atoms with Crippen molar-refractivity contribution >= 4 is 0 Å². The van der Waals surface area contributed by atoms with Gasteiger partial charge in [0.2, 0.25) is 0 Å². The van der Waals surface area contributed by atoms with E-state index in [4.69, 9.17) is 0 Å². The van der Waals surface area contributed by atoms with Gasteiger partial charge in [0.05, 0.1) is 0 Å². The predicted octanol–water partition coefficient (Wildman–Crippen LogP) is 4.49. The molecule has 0 amide bonds. The van der Waals surface area contributed by atoms with Crippen LogP contribution in [-0.2, 0) is 0 Å². The molecule has 3 rings (SSSR count). The van der Waals surface area contributed by atoms with Crippen LogP contribution in [0.3, 0.4) is 0 Å². The minimum Gasteiger partial charge on any atom is -0.0625 e. The van der Waals surface area contributed by atoms with Crippen LogP contribution in [0.5, 0.6) is 0 Å². The second kappa shape index (κ2) is 3.79. The monoisotopic (exact) mass is 206 g/mol. The van der Waals surface area contributed by atoms with Gasteiger partial charge in [-0.25, -0.2) is 0 Å². The minimum absolute atomic E-state index is 1.01. The van der Waals surface area contributed by atoms with E-state index in [2.05, 4.69) is 13.8 Å². The number of rotatable bonds is 0. The molecule has 0 aromatic rings. The van der Waals surface area contributed by atoms with Gasteiger partial charge in [-0.3, -0.25) is 0 Å². The van der Waals surface area contributed by atoms with Gasteiger partial charge in [-0.15, -0.1) is 0 Å². The molecule has 0 bridgehead atoms. The van der Waals surface area contributed by atoms with Crippen molar-refractivity contribution in [1.29, 1.82) is 0 Å². The van der Waals surface area contributed by atoms with Crippen LogP contribution in [0.1, 0.15) is 58.8 Å². The molecule has 0 heterocycles. The first-order valence-electron chi connectivity index (χ1n) is 7.25. The van der Waals surface area contributed by atoms with Gasteiger partial charge in [0.25, 0.3) is 0 Å². The maximum Gasteiger partial charge on any atom is -0.0350 e. The second-order valence-electron chi connectivity index (χ2n) is 6.81. The topological polar surface area (TPSA) is 0 Å². The van der Waals surface area contributed by atoms with Gasteiger partial charge in [-0.05, 0) is 67.6 Å². The highest BCUT2D eigenvalue weighted by Gasteiger charge is 2.45. The van der Waals surface area contributed by atoms with E-state index in [0.29, 0.717) is 0 Å². The zero-order valence-electron chi connectivity index (χ0n) is 10.4. The molecular weight excluding hydrogens is 180 g/mol. The smallest absolute Gasteiger partial charge is 0.0350 e. The zero-order chi connectivity index (χ0) is 10.4. The lowest BCUT2D eigenvalue weighted by atomic mass is 9.57. The van der Waals surface area contributed by atoms with Crippen molar-refractivity contribution in [3.05, 3.63) is 0 Å². The summed E-state index contributed by atoms with van der Waals surface area (Å²) in [5.74, 6) is 6.57. The summed E-state index contributed by atoms with van der Waals surface area (Å²) >= 11 is 0. The molecule has 15 heavy (non-hydrogen) atoms. The van der Waals surface area contributed by atoms with Gasteiger partial charge >= 0.3 is 0 Å². The van der Waals surface area contributed by atoms with Crippen LogP contribution in [0, 0.1) is 35.5 Å². The summed E-state index contributed by atoms with van der Waals surface area (Å²) in [5.41, 5.74) is 0. The Kier molecular flexibility index (Phi) is 2.57. The lowest BCUT2D eigenvalue weighted by Crippen LogP contribution is -2.40. The van der Waals surface area contributed by atoms with Crippen molar-refractivity contribution in [3.63, 3.8) is 0 Å². The number of fused-ring (bicyclic) bond motifs is 3. The molecule has 6 atom stereocenters. The average Bonchev–Trinajstić information content (AvgIpc) is 2.65. The number of hydrogen-bond acceptors (Lipinski definition) is 0. The van der Waals surface area contributed by atoms with Crippen molar-refractivity contribution in [3.8, 4) is 0 Å². The third-order valence-electron chi connectivity index (χ3n) is 5.87. The molecule has 0 heteroatoms. The normalized spacial score (nSPS) is 54.8. The lowest BCUT2D eigenvalue weighted by Gasteiger charge is -2.48. The molecule has 0 spiro atoms. The van der Waals surface area contributed by atoms with Crippen LogP contribution in [0.25, 0.3) is 0 Å². The molecule has 6 unspecified atom stereocenters. The standard InChI is InChI=1S/C15H26/c1-10-8-11(2)13-7-6-12-4-3-5-14(12)15(13)9-10/h10-15H,3-9H2,1-2H3. The zero-order valence-corrected chi connectivity index (χ0v) is 10.4. The first kappa shape index (κ1) is 10.2. The molecule has 0 radical (unpaired) electrons. The van der Waals surface area contributed by atoms with Crippen LogP contribution in [0.4, 0.5) is 0 Å². The molecule has 3 aliphatic carbocycles. The van der Waals surface area contributed by atoms with Crippen molar-refractivity contribution in [2.45, 2.75) is 58.8 Å². The molecule has 0 aliphatic heterocycles. The molecular formula is C15H26. The Labute approximate surface area is 94.8 Å². The summed E-state index contributed by atoms with van der Waals surface area (Å²) in [5, 5.41) is 0. The number of hydrogen-bond donors (Lipinski definition) is 0. The summed E-state index contributed by atoms with van der Waals surface area (Å²) in [7, 11) is 0. The predicted molar refractivity (Wildman–Crippen MR) is 64.6 cm³/mol. The third-order valence-corrected chi connectivity index (χ3v) is 5.87. The summed E-state index contributed by atoms with van der Waals surface area (Å²) < 4.78 is 0. The van der Waals surface area contributed by atoms with E-state index in [9.17, 15) is 0 Å². The quantitative estimate of drug-likeness (QED) is 0.547. The molecule has 3 fully saturated rings. The van der Waals surface area contributed by atoms with Crippen LogP contribution in [0.15, 0.2) is 0 Å². The van der Waals surface area contributed by atoms with Gasteiger partial charge in [0, 0.05) is 0 Å². The first-order chi connectivity index (χ1) is 7.25. The van der Waals surface area contributed by atoms with E-state index >= 15 is 0 Å². The second-order valence-corrected chi connectivity index (χ2v) is 6.81. The molecule has 0 nitrogen and oxygen atoms in total. The molecule has 0 N–H and O–H groups in total. The van der Waals surface area contributed by atoms with E-state index in [1.54, 1.807) is 38.5 Å². The molecule has 0 saturated heterocycles. The van der Waals surface area contributed by atoms with Crippen molar-refractivity contribution in [1.82, 2.24) is 0 Å². The van der Waals surface area contributed by atoms with Gasteiger partial charge in [-0.2, -0.15) is 0 Å².